The molecule has 90 valence electrons. The molecule has 0 aromatic carbocycles. The lowest BCUT2D eigenvalue weighted by Gasteiger charge is -2.34. The molecule has 2 aliphatic heterocycles. The van der Waals surface area contributed by atoms with Crippen molar-refractivity contribution >= 4 is 5.78 Å². The largest absolute Gasteiger partial charge is 0.367 e. The summed E-state index contributed by atoms with van der Waals surface area (Å²) >= 11 is 0. The third-order valence-corrected chi connectivity index (χ3v) is 3.67. The van der Waals surface area contributed by atoms with Crippen LogP contribution in [-0.4, -0.2) is 42.5 Å². The summed E-state index contributed by atoms with van der Waals surface area (Å²) in [4.78, 5) is 14.3. The third kappa shape index (κ3) is 2.53. The van der Waals surface area contributed by atoms with Crippen molar-refractivity contribution in [3.8, 4) is 0 Å². The van der Waals surface area contributed by atoms with E-state index < -0.39 is 0 Å². The summed E-state index contributed by atoms with van der Waals surface area (Å²) in [6, 6.07) is 0.568. The minimum atomic E-state index is -0.211. The number of fused-ring (bicyclic) bond motifs is 1. The highest BCUT2D eigenvalue weighted by molar-refractivity contribution is 5.85. The molecule has 0 N–H and O–H groups in total. The molecule has 2 atom stereocenters. The minimum absolute atomic E-state index is 0.206. The zero-order valence-electron chi connectivity index (χ0n) is 10.1. The molecule has 0 radical (unpaired) electrons. The van der Waals surface area contributed by atoms with Gasteiger partial charge < -0.3 is 4.74 Å². The Kier molecular flexibility index (Phi) is 3.77. The lowest BCUT2D eigenvalue weighted by atomic mass is 10.0. The van der Waals surface area contributed by atoms with Gasteiger partial charge in [0.15, 0.2) is 5.78 Å². The molecule has 0 spiro atoms. The van der Waals surface area contributed by atoms with Crippen molar-refractivity contribution < 1.29 is 9.53 Å². The predicted octanol–water partition coefficient (Wildman–Crippen LogP) is 1.77. The molecule has 0 aromatic heterocycles. The van der Waals surface area contributed by atoms with E-state index >= 15 is 0 Å². The Morgan fingerprint density at radius 1 is 1.56 bits per heavy atom. The number of allylic oxidation sites excluding steroid dienone is 1. The normalized spacial score (nSPS) is 30.1. The van der Waals surface area contributed by atoms with Gasteiger partial charge in [-0.25, -0.2) is 0 Å². The topological polar surface area (TPSA) is 29.5 Å². The highest BCUT2D eigenvalue weighted by atomic mass is 16.5. The van der Waals surface area contributed by atoms with Gasteiger partial charge in [0.2, 0.25) is 0 Å². The fourth-order valence-electron chi connectivity index (χ4n) is 2.50. The van der Waals surface area contributed by atoms with Crippen molar-refractivity contribution in [1.82, 2.24) is 4.90 Å². The number of hydrogen-bond donors (Lipinski definition) is 0. The number of ketones is 1. The zero-order valence-corrected chi connectivity index (χ0v) is 10.1. The Balaban J connectivity index is 1.86. The molecule has 2 saturated heterocycles. The molecular formula is C13H21NO2. The Morgan fingerprint density at radius 3 is 3.12 bits per heavy atom. The van der Waals surface area contributed by atoms with Gasteiger partial charge in [0.05, 0.1) is 6.61 Å². The first kappa shape index (κ1) is 11.8. The van der Waals surface area contributed by atoms with Crippen molar-refractivity contribution in [2.24, 2.45) is 0 Å². The van der Waals surface area contributed by atoms with Gasteiger partial charge in [0, 0.05) is 19.0 Å². The standard InChI is InChI=1S/C13H21NO2/c1-3-10(2)7-12(15)13-8-14-6-4-5-11(14)9-16-13/h11,13H,2-9H2,1H3. The quantitative estimate of drug-likeness (QED) is 0.680. The maximum atomic E-state index is 11.9. The van der Waals surface area contributed by atoms with Crippen LogP contribution in [0.4, 0.5) is 0 Å². The van der Waals surface area contributed by atoms with E-state index in [1.165, 1.54) is 12.8 Å². The van der Waals surface area contributed by atoms with Crippen molar-refractivity contribution in [1.29, 1.82) is 0 Å². The van der Waals surface area contributed by atoms with E-state index in [2.05, 4.69) is 11.5 Å². The van der Waals surface area contributed by atoms with E-state index in [0.717, 1.165) is 31.7 Å². The van der Waals surface area contributed by atoms with Gasteiger partial charge in [-0.2, -0.15) is 0 Å². The molecule has 2 aliphatic rings. The number of carbonyl (C=O) groups is 1. The summed E-state index contributed by atoms with van der Waals surface area (Å²) in [5.74, 6) is 0.206. The third-order valence-electron chi connectivity index (χ3n) is 3.67. The molecule has 0 amide bonds. The van der Waals surface area contributed by atoms with E-state index in [9.17, 15) is 4.79 Å². The lowest BCUT2D eigenvalue weighted by Crippen LogP contribution is -2.49. The number of rotatable bonds is 4. The van der Waals surface area contributed by atoms with Crippen molar-refractivity contribution in [2.45, 2.75) is 44.8 Å². The van der Waals surface area contributed by atoms with E-state index in [1.54, 1.807) is 0 Å². The summed E-state index contributed by atoms with van der Waals surface area (Å²) < 4.78 is 5.67. The SMILES string of the molecule is C=C(CC)CC(=O)C1CN2CCCC2CO1. The molecule has 3 heteroatoms. The second kappa shape index (κ2) is 5.11. The van der Waals surface area contributed by atoms with Gasteiger partial charge >= 0.3 is 0 Å². The average molecular weight is 223 g/mol. The molecule has 0 saturated carbocycles. The highest BCUT2D eigenvalue weighted by Crippen LogP contribution is 2.23. The first-order valence-corrected chi connectivity index (χ1v) is 6.25. The molecule has 2 unspecified atom stereocenters. The van der Waals surface area contributed by atoms with E-state index in [-0.39, 0.29) is 11.9 Å². The number of Topliss-reactive ketones (excluding diaryl/α,β-unsaturated/α-hetero) is 1. The van der Waals surface area contributed by atoms with E-state index in [1.807, 2.05) is 6.92 Å². The van der Waals surface area contributed by atoms with Crippen LogP contribution in [0.5, 0.6) is 0 Å². The number of nitrogens with zero attached hydrogens (tertiary/aromatic N) is 1. The van der Waals surface area contributed by atoms with Crippen LogP contribution in [0, 0.1) is 0 Å². The summed E-state index contributed by atoms with van der Waals surface area (Å²) in [6.07, 6.45) is 3.63. The fraction of sp³-hybridized carbons (Fsp3) is 0.769. The van der Waals surface area contributed by atoms with Crippen LogP contribution in [0.25, 0.3) is 0 Å². The lowest BCUT2D eigenvalue weighted by molar-refractivity contribution is -0.137. The average Bonchev–Trinajstić information content (AvgIpc) is 2.75. The van der Waals surface area contributed by atoms with Crippen LogP contribution in [0.3, 0.4) is 0 Å². The Bertz CT molecular complexity index is 288. The number of carbonyl (C=O) groups excluding carboxylic acids is 1. The number of ether oxygens (including phenoxy) is 1. The number of morpholine rings is 1. The molecule has 16 heavy (non-hydrogen) atoms. The van der Waals surface area contributed by atoms with Gasteiger partial charge in [-0.3, -0.25) is 9.69 Å². The van der Waals surface area contributed by atoms with Crippen molar-refractivity contribution in [3.05, 3.63) is 12.2 Å². The first-order chi connectivity index (χ1) is 7.70. The minimum Gasteiger partial charge on any atom is -0.367 e. The van der Waals surface area contributed by atoms with Crippen LogP contribution in [0.1, 0.15) is 32.6 Å². The van der Waals surface area contributed by atoms with Crippen LogP contribution < -0.4 is 0 Å². The van der Waals surface area contributed by atoms with Crippen LogP contribution in [-0.2, 0) is 9.53 Å². The molecule has 2 heterocycles. The monoisotopic (exact) mass is 223 g/mol. The van der Waals surface area contributed by atoms with Crippen LogP contribution in [0.15, 0.2) is 12.2 Å². The molecule has 2 rings (SSSR count). The number of hydrogen-bond acceptors (Lipinski definition) is 3. The van der Waals surface area contributed by atoms with E-state index in [0.29, 0.717) is 12.5 Å². The molecule has 2 fully saturated rings. The Hall–Kier alpha value is -0.670. The molecule has 0 aromatic rings. The van der Waals surface area contributed by atoms with Crippen LogP contribution in [0.2, 0.25) is 0 Å². The van der Waals surface area contributed by atoms with Crippen molar-refractivity contribution in [3.63, 3.8) is 0 Å². The highest BCUT2D eigenvalue weighted by Gasteiger charge is 2.34. The summed E-state index contributed by atoms with van der Waals surface area (Å²) in [7, 11) is 0. The van der Waals surface area contributed by atoms with Gasteiger partial charge in [-0.05, 0) is 25.8 Å². The molecule has 0 aliphatic carbocycles. The predicted molar refractivity (Wildman–Crippen MR) is 63.4 cm³/mol. The van der Waals surface area contributed by atoms with E-state index in [4.69, 9.17) is 4.74 Å². The van der Waals surface area contributed by atoms with Crippen molar-refractivity contribution in [2.75, 3.05) is 19.7 Å². The zero-order chi connectivity index (χ0) is 11.5. The van der Waals surface area contributed by atoms with Gasteiger partial charge in [-0.15, -0.1) is 0 Å². The maximum Gasteiger partial charge on any atom is 0.166 e. The molecular weight excluding hydrogens is 202 g/mol. The fourth-order valence-corrected chi connectivity index (χ4v) is 2.50. The first-order valence-electron chi connectivity index (χ1n) is 6.25. The molecule has 3 nitrogen and oxygen atoms in total. The Morgan fingerprint density at radius 2 is 2.38 bits per heavy atom. The smallest absolute Gasteiger partial charge is 0.166 e. The summed E-state index contributed by atoms with van der Waals surface area (Å²) in [5.41, 5.74) is 1.01. The summed E-state index contributed by atoms with van der Waals surface area (Å²) in [5, 5.41) is 0. The van der Waals surface area contributed by atoms with Crippen LogP contribution >= 0.6 is 0 Å². The maximum absolute atomic E-state index is 11.9. The second-order valence-electron chi connectivity index (χ2n) is 4.86. The summed E-state index contributed by atoms with van der Waals surface area (Å²) in [6.45, 7) is 8.57. The van der Waals surface area contributed by atoms with Gasteiger partial charge in [0.25, 0.3) is 0 Å². The van der Waals surface area contributed by atoms with Gasteiger partial charge in [-0.1, -0.05) is 19.1 Å². The second-order valence-corrected chi connectivity index (χ2v) is 4.86. The van der Waals surface area contributed by atoms with Gasteiger partial charge in [0.1, 0.15) is 6.10 Å². The molecule has 0 bridgehead atoms. The Labute approximate surface area is 97.5 Å².